The Balaban J connectivity index is 1.19. The standard InChI is InChI=1S/C26H31ClFN7O2S/c1-34-12-14-35(15-13-34)20-6-9-24(23(28)16-20)32-26-29-17-22(27)25(33-26)31-19-4-2-18(3-5-19)10-11-30-38(36,37)21-7-8-21/h2-6,9,16-17,21,30H,7-8,10-15H2,1H3,(H2,29,31,32,33). The van der Waals surface area contributed by atoms with Crippen molar-refractivity contribution in [3.63, 3.8) is 0 Å². The van der Waals surface area contributed by atoms with Gasteiger partial charge < -0.3 is 20.4 Å². The van der Waals surface area contributed by atoms with E-state index in [0.717, 1.165) is 56.0 Å². The molecule has 0 amide bonds. The van der Waals surface area contributed by atoms with E-state index in [4.69, 9.17) is 11.6 Å². The molecular formula is C26H31ClFN7O2S. The van der Waals surface area contributed by atoms with Crippen LogP contribution in [0, 0.1) is 5.82 Å². The van der Waals surface area contributed by atoms with Crippen molar-refractivity contribution < 1.29 is 12.8 Å². The zero-order chi connectivity index (χ0) is 26.7. The lowest BCUT2D eigenvalue weighted by molar-refractivity contribution is 0.313. The number of halogens is 2. The molecule has 0 atom stereocenters. The lowest BCUT2D eigenvalue weighted by Gasteiger charge is -2.34. The zero-order valence-corrected chi connectivity index (χ0v) is 22.7. The maximum Gasteiger partial charge on any atom is 0.229 e. The summed E-state index contributed by atoms with van der Waals surface area (Å²) in [6.07, 6.45) is 3.54. The van der Waals surface area contributed by atoms with Gasteiger partial charge in [-0.05, 0) is 62.2 Å². The van der Waals surface area contributed by atoms with Crippen LogP contribution in [-0.4, -0.2) is 68.3 Å². The van der Waals surface area contributed by atoms with Crippen molar-refractivity contribution in [2.24, 2.45) is 0 Å². The maximum absolute atomic E-state index is 14.9. The summed E-state index contributed by atoms with van der Waals surface area (Å²) in [6.45, 7) is 3.98. The van der Waals surface area contributed by atoms with Crippen LogP contribution in [0.4, 0.5) is 33.2 Å². The Morgan fingerprint density at radius 1 is 1.05 bits per heavy atom. The third-order valence-electron chi connectivity index (χ3n) is 6.71. The average molecular weight is 560 g/mol. The van der Waals surface area contributed by atoms with Gasteiger partial charge in [0.15, 0.2) is 5.82 Å². The number of benzene rings is 2. The summed E-state index contributed by atoms with van der Waals surface area (Å²) in [5, 5.41) is 6.20. The summed E-state index contributed by atoms with van der Waals surface area (Å²) in [5.41, 5.74) is 2.88. The van der Waals surface area contributed by atoms with E-state index in [-0.39, 0.29) is 22.7 Å². The van der Waals surface area contributed by atoms with E-state index in [1.165, 1.54) is 12.3 Å². The second-order valence-corrected chi connectivity index (χ2v) is 12.1. The Kier molecular flexibility index (Phi) is 7.98. The van der Waals surface area contributed by atoms with Gasteiger partial charge in [0.25, 0.3) is 0 Å². The Labute approximate surface area is 227 Å². The molecule has 5 rings (SSSR count). The van der Waals surface area contributed by atoms with Crippen molar-refractivity contribution >= 4 is 50.5 Å². The summed E-state index contributed by atoms with van der Waals surface area (Å²) >= 11 is 6.31. The van der Waals surface area contributed by atoms with Crippen LogP contribution >= 0.6 is 11.6 Å². The van der Waals surface area contributed by atoms with Crippen molar-refractivity contribution in [2.45, 2.75) is 24.5 Å². The molecule has 1 aromatic heterocycles. The average Bonchev–Trinajstić information content (AvgIpc) is 3.75. The molecule has 3 aromatic rings. The van der Waals surface area contributed by atoms with Crippen molar-refractivity contribution in [3.8, 4) is 0 Å². The van der Waals surface area contributed by atoms with Gasteiger partial charge >= 0.3 is 0 Å². The van der Waals surface area contributed by atoms with E-state index < -0.39 is 10.0 Å². The first-order valence-corrected chi connectivity index (χ1v) is 14.6. The molecule has 2 aromatic carbocycles. The Bertz CT molecular complexity index is 1380. The van der Waals surface area contributed by atoms with Crippen LogP contribution in [0.5, 0.6) is 0 Å². The third-order valence-corrected chi connectivity index (χ3v) is 8.94. The number of nitrogens with one attached hydrogen (secondary N) is 3. The number of hydrogen-bond donors (Lipinski definition) is 3. The van der Waals surface area contributed by atoms with Crippen LogP contribution in [-0.2, 0) is 16.4 Å². The molecular weight excluding hydrogens is 529 g/mol. The zero-order valence-electron chi connectivity index (χ0n) is 21.1. The number of rotatable bonds is 10. The molecule has 3 N–H and O–H groups in total. The van der Waals surface area contributed by atoms with Gasteiger partial charge in [0.2, 0.25) is 16.0 Å². The molecule has 0 unspecified atom stereocenters. The Hall–Kier alpha value is -2.99. The lowest BCUT2D eigenvalue weighted by Crippen LogP contribution is -2.44. The molecule has 12 heteroatoms. The molecule has 38 heavy (non-hydrogen) atoms. The van der Waals surface area contributed by atoms with Crippen LogP contribution in [0.25, 0.3) is 0 Å². The number of sulfonamides is 1. The van der Waals surface area contributed by atoms with Gasteiger partial charge in [-0.2, -0.15) is 4.98 Å². The number of anilines is 5. The van der Waals surface area contributed by atoms with Crippen LogP contribution in [0.15, 0.2) is 48.7 Å². The summed E-state index contributed by atoms with van der Waals surface area (Å²) in [7, 11) is -1.09. The summed E-state index contributed by atoms with van der Waals surface area (Å²) in [6, 6.07) is 12.7. The van der Waals surface area contributed by atoms with Crippen molar-refractivity contribution in [2.75, 3.05) is 55.3 Å². The van der Waals surface area contributed by atoms with Crippen molar-refractivity contribution in [1.82, 2.24) is 19.6 Å². The minimum absolute atomic E-state index is 0.211. The predicted octanol–water partition coefficient (Wildman–Crippen LogP) is 4.13. The second-order valence-electron chi connectivity index (χ2n) is 9.68. The maximum atomic E-state index is 14.9. The fourth-order valence-corrected chi connectivity index (χ4v) is 5.74. The summed E-state index contributed by atoms with van der Waals surface area (Å²) in [5.74, 6) is 0.204. The molecule has 1 aliphatic carbocycles. The highest BCUT2D eigenvalue weighted by atomic mass is 35.5. The molecule has 9 nitrogen and oxygen atoms in total. The minimum Gasteiger partial charge on any atom is -0.369 e. The normalized spacial score (nSPS) is 16.4. The van der Waals surface area contributed by atoms with E-state index in [1.54, 1.807) is 6.07 Å². The predicted molar refractivity (Wildman–Crippen MR) is 150 cm³/mol. The second kappa shape index (κ2) is 11.4. The van der Waals surface area contributed by atoms with E-state index in [1.807, 2.05) is 30.3 Å². The van der Waals surface area contributed by atoms with Gasteiger partial charge in [-0.15, -0.1) is 0 Å². The smallest absolute Gasteiger partial charge is 0.229 e. The topological polar surface area (TPSA) is 102 Å². The van der Waals surface area contributed by atoms with Gasteiger partial charge in [-0.25, -0.2) is 22.5 Å². The van der Waals surface area contributed by atoms with Gasteiger partial charge in [0, 0.05) is 44.1 Å². The lowest BCUT2D eigenvalue weighted by atomic mass is 10.1. The Morgan fingerprint density at radius 2 is 1.79 bits per heavy atom. The van der Waals surface area contributed by atoms with Crippen LogP contribution in [0.2, 0.25) is 5.02 Å². The number of likely N-dealkylation sites (N-methyl/N-ethyl adjacent to an activating group) is 1. The highest BCUT2D eigenvalue weighted by Crippen LogP contribution is 2.29. The van der Waals surface area contributed by atoms with Crippen LogP contribution < -0.4 is 20.3 Å². The van der Waals surface area contributed by atoms with Crippen LogP contribution in [0.3, 0.4) is 0 Å². The fraction of sp³-hybridized carbons (Fsp3) is 0.385. The molecule has 0 radical (unpaired) electrons. The first kappa shape index (κ1) is 26.6. The molecule has 1 saturated heterocycles. The van der Waals surface area contributed by atoms with Gasteiger partial charge in [0.05, 0.1) is 17.1 Å². The van der Waals surface area contributed by atoms with E-state index in [0.29, 0.717) is 23.8 Å². The molecule has 0 spiro atoms. The van der Waals surface area contributed by atoms with Crippen LogP contribution in [0.1, 0.15) is 18.4 Å². The number of aromatic nitrogens is 2. The largest absolute Gasteiger partial charge is 0.369 e. The summed E-state index contributed by atoms with van der Waals surface area (Å²) in [4.78, 5) is 13.0. The first-order chi connectivity index (χ1) is 18.3. The van der Waals surface area contributed by atoms with Crippen molar-refractivity contribution in [3.05, 3.63) is 65.1 Å². The quantitative estimate of drug-likeness (QED) is 0.341. The third kappa shape index (κ3) is 6.71. The van der Waals surface area contributed by atoms with Gasteiger partial charge in [-0.3, -0.25) is 0 Å². The van der Waals surface area contributed by atoms with E-state index in [2.05, 4.69) is 42.2 Å². The first-order valence-electron chi connectivity index (χ1n) is 12.6. The number of hydrogen-bond acceptors (Lipinski definition) is 8. The minimum atomic E-state index is -3.17. The van der Waals surface area contributed by atoms with E-state index >= 15 is 0 Å². The monoisotopic (exact) mass is 559 g/mol. The highest BCUT2D eigenvalue weighted by molar-refractivity contribution is 7.90. The molecule has 1 saturated carbocycles. The molecule has 1 aliphatic heterocycles. The molecule has 202 valence electrons. The molecule has 2 heterocycles. The molecule has 2 fully saturated rings. The highest BCUT2D eigenvalue weighted by Gasteiger charge is 2.35. The molecule has 0 bridgehead atoms. The molecule has 2 aliphatic rings. The number of nitrogens with zero attached hydrogens (tertiary/aromatic N) is 4. The SMILES string of the molecule is CN1CCN(c2ccc(Nc3ncc(Cl)c(Nc4ccc(CCNS(=O)(=O)C5CC5)cc4)n3)c(F)c2)CC1. The van der Waals surface area contributed by atoms with E-state index in [9.17, 15) is 12.8 Å². The summed E-state index contributed by atoms with van der Waals surface area (Å²) < 4.78 is 41.5. The number of piperazine rings is 1. The Morgan fingerprint density at radius 3 is 2.47 bits per heavy atom. The van der Waals surface area contributed by atoms with Gasteiger partial charge in [-0.1, -0.05) is 23.7 Å². The van der Waals surface area contributed by atoms with Gasteiger partial charge in [0.1, 0.15) is 10.8 Å². The van der Waals surface area contributed by atoms with Crippen molar-refractivity contribution in [1.29, 1.82) is 0 Å². The fourth-order valence-electron chi connectivity index (χ4n) is 4.23.